The summed E-state index contributed by atoms with van der Waals surface area (Å²) in [4.78, 5) is 22.6. The Hall–Kier alpha value is -3.49. The van der Waals surface area contributed by atoms with E-state index in [1.54, 1.807) is 6.20 Å². The Morgan fingerprint density at radius 3 is 2.70 bits per heavy atom. The van der Waals surface area contributed by atoms with Gasteiger partial charge in [0.25, 0.3) is 0 Å². The molecule has 2 N–H and O–H groups in total. The maximum absolute atomic E-state index is 14.6. The number of rotatable bonds is 5. The Balaban J connectivity index is 1.40. The van der Waals surface area contributed by atoms with Gasteiger partial charge in [-0.15, -0.1) is 0 Å². The van der Waals surface area contributed by atoms with E-state index in [1.807, 2.05) is 56.0 Å². The Morgan fingerprint density at radius 1 is 1.24 bits per heavy atom. The van der Waals surface area contributed by atoms with E-state index in [-0.39, 0.29) is 0 Å². The van der Waals surface area contributed by atoms with Crippen molar-refractivity contribution in [3.05, 3.63) is 48.5 Å². The molecule has 0 spiro atoms. The molecule has 8 nitrogen and oxygen atoms in total. The third-order valence-electron chi connectivity index (χ3n) is 5.51. The predicted molar refractivity (Wildman–Crippen MR) is 124 cm³/mol. The molecule has 3 heterocycles. The standard InChI is InChI=1S/C24H29FN6O2/c1-24(2,3)33-23(32)27-14-16-8-11-31(12-9-16)22-19(25)15-26-21(29-22)18-6-4-5-17(13-18)20-7-10-28-30-20/h4-7,10,13,15-16H,8-9,11-12,14H2,1-3H3,(H,27,32)(H,28,30). The molecule has 1 aliphatic heterocycles. The van der Waals surface area contributed by atoms with Crippen LogP contribution in [0.4, 0.5) is 15.0 Å². The van der Waals surface area contributed by atoms with E-state index in [9.17, 15) is 9.18 Å². The summed E-state index contributed by atoms with van der Waals surface area (Å²) >= 11 is 0. The number of alkyl carbamates (subject to hydrolysis) is 1. The summed E-state index contributed by atoms with van der Waals surface area (Å²) in [5, 5.41) is 9.77. The summed E-state index contributed by atoms with van der Waals surface area (Å²) in [5.74, 6) is 0.657. The van der Waals surface area contributed by atoms with Crippen LogP contribution in [0.5, 0.6) is 0 Å². The smallest absolute Gasteiger partial charge is 0.407 e. The summed E-state index contributed by atoms with van der Waals surface area (Å²) in [6.07, 6.45) is 4.17. The number of benzene rings is 1. The third-order valence-corrected chi connectivity index (χ3v) is 5.51. The van der Waals surface area contributed by atoms with Gasteiger partial charge in [-0.25, -0.2) is 19.2 Å². The summed E-state index contributed by atoms with van der Waals surface area (Å²) in [5.41, 5.74) is 2.13. The molecule has 1 aliphatic rings. The third kappa shape index (κ3) is 5.85. The average molecular weight is 453 g/mol. The molecule has 0 saturated carbocycles. The molecule has 33 heavy (non-hydrogen) atoms. The minimum Gasteiger partial charge on any atom is -0.444 e. The fraction of sp³-hybridized carbons (Fsp3) is 0.417. The number of aromatic nitrogens is 4. The van der Waals surface area contributed by atoms with E-state index >= 15 is 0 Å². The van der Waals surface area contributed by atoms with E-state index in [0.29, 0.717) is 37.2 Å². The largest absolute Gasteiger partial charge is 0.444 e. The number of nitrogens with one attached hydrogen (secondary N) is 2. The number of hydrogen-bond donors (Lipinski definition) is 2. The molecule has 3 aromatic rings. The number of H-pyrrole nitrogens is 1. The monoisotopic (exact) mass is 452 g/mol. The molecule has 2 aromatic heterocycles. The lowest BCUT2D eigenvalue weighted by Crippen LogP contribution is -2.40. The predicted octanol–water partition coefficient (Wildman–Crippen LogP) is 4.41. The summed E-state index contributed by atoms with van der Waals surface area (Å²) in [6, 6.07) is 9.64. The van der Waals surface area contributed by atoms with Gasteiger partial charge in [-0.3, -0.25) is 5.10 Å². The van der Waals surface area contributed by atoms with E-state index in [1.165, 1.54) is 6.20 Å². The molecule has 4 rings (SSSR count). The van der Waals surface area contributed by atoms with Crippen LogP contribution in [0.1, 0.15) is 33.6 Å². The molecule has 1 fully saturated rings. The van der Waals surface area contributed by atoms with Gasteiger partial charge in [0.15, 0.2) is 17.5 Å². The molecule has 174 valence electrons. The highest BCUT2D eigenvalue weighted by atomic mass is 19.1. The van der Waals surface area contributed by atoms with E-state index in [0.717, 1.165) is 29.7 Å². The van der Waals surface area contributed by atoms with Crippen LogP contribution in [-0.2, 0) is 4.74 Å². The molecule has 0 atom stereocenters. The Bertz CT molecular complexity index is 1090. The number of hydrogen-bond acceptors (Lipinski definition) is 6. The minimum absolute atomic E-state index is 0.309. The van der Waals surface area contributed by atoms with Gasteiger partial charge in [-0.1, -0.05) is 18.2 Å². The topological polar surface area (TPSA) is 96.0 Å². The number of carbonyl (C=O) groups is 1. The highest BCUT2D eigenvalue weighted by molar-refractivity contribution is 5.68. The minimum atomic E-state index is -0.520. The van der Waals surface area contributed by atoms with Crippen LogP contribution in [0.2, 0.25) is 0 Å². The zero-order valence-corrected chi connectivity index (χ0v) is 19.1. The van der Waals surface area contributed by atoms with Gasteiger partial charge >= 0.3 is 6.09 Å². The van der Waals surface area contributed by atoms with Gasteiger partial charge in [0.1, 0.15) is 5.60 Å². The van der Waals surface area contributed by atoms with Gasteiger partial charge in [0.2, 0.25) is 0 Å². The van der Waals surface area contributed by atoms with Gasteiger partial charge in [-0.05, 0) is 51.7 Å². The van der Waals surface area contributed by atoms with E-state index in [4.69, 9.17) is 4.74 Å². The van der Waals surface area contributed by atoms with Gasteiger partial charge < -0.3 is 15.0 Å². The second kappa shape index (κ2) is 9.56. The fourth-order valence-corrected chi connectivity index (χ4v) is 3.85. The van der Waals surface area contributed by atoms with Crippen LogP contribution < -0.4 is 10.2 Å². The van der Waals surface area contributed by atoms with Crippen molar-refractivity contribution in [2.24, 2.45) is 5.92 Å². The van der Waals surface area contributed by atoms with Crippen molar-refractivity contribution in [2.45, 2.75) is 39.2 Å². The first-order valence-electron chi connectivity index (χ1n) is 11.1. The molecule has 1 saturated heterocycles. The maximum Gasteiger partial charge on any atom is 0.407 e. The molecule has 1 amide bonds. The second-order valence-corrected chi connectivity index (χ2v) is 9.23. The van der Waals surface area contributed by atoms with Gasteiger partial charge in [-0.2, -0.15) is 5.10 Å². The van der Waals surface area contributed by atoms with Crippen molar-refractivity contribution in [3.63, 3.8) is 0 Å². The molecule has 0 radical (unpaired) electrons. The van der Waals surface area contributed by atoms with Crippen LogP contribution >= 0.6 is 0 Å². The molecular weight excluding hydrogens is 423 g/mol. The van der Waals surface area contributed by atoms with Crippen molar-refractivity contribution < 1.29 is 13.9 Å². The molecule has 0 unspecified atom stereocenters. The Labute approximate surface area is 192 Å². The molecule has 9 heteroatoms. The number of halogens is 1. The van der Waals surface area contributed by atoms with Crippen molar-refractivity contribution >= 4 is 11.9 Å². The van der Waals surface area contributed by atoms with Crippen LogP contribution in [0.15, 0.2) is 42.7 Å². The van der Waals surface area contributed by atoms with Gasteiger partial charge in [0, 0.05) is 37.0 Å². The quantitative estimate of drug-likeness (QED) is 0.595. The van der Waals surface area contributed by atoms with Crippen LogP contribution in [0.25, 0.3) is 22.6 Å². The lowest BCUT2D eigenvalue weighted by atomic mass is 9.97. The number of amides is 1. The van der Waals surface area contributed by atoms with Crippen LogP contribution in [0, 0.1) is 11.7 Å². The number of piperidine rings is 1. The SMILES string of the molecule is CC(C)(C)OC(=O)NCC1CCN(c2nc(-c3cccc(-c4ccn[nH]4)c3)ncc2F)CC1. The van der Waals surface area contributed by atoms with Crippen molar-refractivity contribution in [3.8, 4) is 22.6 Å². The normalized spacial score (nSPS) is 14.8. The second-order valence-electron chi connectivity index (χ2n) is 9.23. The van der Waals surface area contributed by atoms with E-state index in [2.05, 4.69) is 25.5 Å². The van der Waals surface area contributed by atoms with Crippen molar-refractivity contribution in [1.29, 1.82) is 0 Å². The zero-order chi connectivity index (χ0) is 23.4. The Kier molecular flexibility index (Phi) is 6.57. The highest BCUT2D eigenvalue weighted by Crippen LogP contribution is 2.28. The first kappa shape index (κ1) is 22.7. The maximum atomic E-state index is 14.6. The molecule has 0 bridgehead atoms. The molecule has 0 aliphatic carbocycles. The number of nitrogens with zero attached hydrogens (tertiary/aromatic N) is 4. The molecule has 1 aromatic carbocycles. The lowest BCUT2D eigenvalue weighted by molar-refractivity contribution is 0.0517. The Morgan fingerprint density at radius 2 is 2.00 bits per heavy atom. The first-order chi connectivity index (χ1) is 15.8. The van der Waals surface area contributed by atoms with Crippen molar-refractivity contribution in [1.82, 2.24) is 25.5 Å². The van der Waals surface area contributed by atoms with Crippen LogP contribution in [0.3, 0.4) is 0 Å². The number of carbonyl (C=O) groups excluding carboxylic acids is 1. The average Bonchev–Trinajstić information content (AvgIpc) is 3.33. The highest BCUT2D eigenvalue weighted by Gasteiger charge is 2.24. The van der Waals surface area contributed by atoms with E-state index < -0.39 is 17.5 Å². The fourth-order valence-electron chi connectivity index (χ4n) is 3.85. The lowest BCUT2D eigenvalue weighted by Gasteiger charge is -2.33. The number of ether oxygens (including phenoxy) is 1. The summed E-state index contributed by atoms with van der Waals surface area (Å²) in [6.45, 7) is 7.36. The van der Waals surface area contributed by atoms with Crippen LogP contribution in [-0.4, -0.2) is 51.5 Å². The first-order valence-corrected chi connectivity index (χ1v) is 11.1. The molecular formula is C24H29FN6O2. The summed E-state index contributed by atoms with van der Waals surface area (Å²) in [7, 11) is 0. The number of anilines is 1. The zero-order valence-electron chi connectivity index (χ0n) is 19.1. The van der Waals surface area contributed by atoms with Crippen molar-refractivity contribution in [2.75, 3.05) is 24.5 Å². The summed E-state index contributed by atoms with van der Waals surface area (Å²) < 4.78 is 19.9. The van der Waals surface area contributed by atoms with Gasteiger partial charge in [0.05, 0.1) is 11.9 Å². The number of aromatic amines is 1.